The number of morpholine rings is 1. The lowest BCUT2D eigenvalue weighted by atomic mass is 9.90. The standard InChI is InChI=1S/C16H23N3O4/c20-15(21)13-10-17-16(19-6-8-22-9-7-19)18-14(13)23-11-12-4-2-1-3-5-12/h10,12H,1-9,11H2,(H,20,21). The van der Waals surface area contributed by atoms with Crippen molar-refractivity contribution in [3.63, 3.8) is 0 Å². The van der Waals surface area contributed by atoms with Crippen molar-refractivity contribution in [1.29, 1.82) is 0 Å². The van der Waals surface area contributed by atoms with E-state index >= 15 is 0 Å². The molecule has 0 bridgehead atoms. The maximum absolute atomic E-state index is 11.4. The fourth-order valence-electron chi connectivity index (χ4n) is 3.08. The Labute approximate surface area is 135 Å². The summed E-state index contributed by atoms with van der Waals surface area (Å²) in [5, 5.41) is 9.31. The van der Waals surface area contributed by atoms with Crippen LogP contribution in [0.4, 0.5) is 5.95 Å². The number of nitrogens with zero attached hydrogens (tertiary/aromatic N) is 3. The summed E-state index contributed by atoms with van der Waals surface area (Å²) in [5.74, 6) is 0.126. The lowest BCUT2D eigenvalue weighted by Gasteiger charge is -2.27. The summed E-state index contributed by atoms with van der Waals surface area (Å²) in [6, 6.07) is 0. The average molecular weight is 321 g/mol. The Hall–Kier alpha value is -1.89. The van der Waals surface area contributed by atoms with Crippen LogP contribution in [-0.4, -0.2) is 54.0 Å². The van der Waals surface area contributed by atoms with Crippen LogP contribution < -0.4 is 9.64 Å². The summed E-state index contributed by atoms with van der Waals surface area (Å²) >= 11 is 0. The molecule has 2 aliphatic rings. The molecule has 0 atom stereocenters. The number of rotatable bonds is 5. The van der Waals surface area contributed by atoms with Gasteiger partial charge in [0.2, 0.25) is 11.8 Å². The molecule has 7 heteroatoms. The fraction of sp³-hybridized carbons (Fsp3) is 0.688. The van der Waals surface area contributed by atoms with Crippen LogP contribution in [0.25, 0.3) is 0 Å². The van der Waals surface area contributed by atoms with Crippen LogP contribution in [-0.2, 0) is 4.74 Å². The van der Waals surface area contributed by atoms with Crippen molar-refractivity contribution in [2.45, 2.75) is 32.1 Å². The van der Waals surface area contributed by atoms with Crippen molar-refractivity contribution in [3.8, 4) is 5.88 Å². The summed E-state index contributed by atoms with van der Waals surface area (Å²) in [6.45, 7) is 3.19. The number of aromatic nitrogens is 2. The van der Waals surface area contributed by atoms with Gasteiger partial charge < -0.3 is 19.5 Å². The highest BCUT2D eigenvalue weighted by molar-refractivity contribution is 5.89. The first-order valence-electron chi connectivity index (χ1n) is 8.30. The first-order chi connectivity index (χ1) is 11.2. The molecule has 0 amide bonds. The quantitative estimate of drug-likeness (QED) is 0.887. The molecule has 0 aromatic carbocycles. The fourth-order valence-corrected chi connectivity index (χ4v) is 3.08. The van der Waals surface area contributed by atoms with Gasteiger partial charge in [-0.1, -0.05) is 19.3 Å². The van der Waals surface area contributed by atoms with Crippen LogP contribution in [0.15, 0.2) is 6.20 Å². The highest BCUT2D eigenvalue weighted by Crippen LogP contribution is 2.26. The lowest BCUT2D eigenvalue weighted by Crippen LogP contribution is -2.37. The highest BCUT2D eigenvalue weighted by Gasteiger charge is 2.21. The van der Waals surface area contributed by atoms with Crippen molar-refractivity contribution in [2.75, 3.05) is 37.8 Å². The van der Waals surface area contributed by atoms with Crippen molar-refractivity contribution in [3.05, 3.63) is 11.8 Å². The predicted octanol–water partition coefficient (Wildman–Crippen LogP) is 1.97. The van der Waals surface area contributed by atoms with E-state index in [9.17, 15) is 9.90 Å². The first-order valence-corrected chi connectivity index (χ1v) is 8.30. The molecule has 1 aromatic rings. The van der Waals surface area contributed by atoms with Gasteiger partial charge in [0, 0.05) is 13.1 Å². The van der Waals surface area contributed by atoms with E-state index in [4.69, 9.17) is 9.47 Å². The third kappa shape index (κ3) is 4.10. The first kappa shape index (κ1) is 16.0. The molecule has 2 heterocycles. The smallest absolute Gasteiger partial charge is 0.342 e. The Morgan fingerprint density at radius 3 is 2.74 bits per heavy atom. The molecule has 1 aromatic heterocycles. The van der Waals surface area contributed by atoms with E-state index in [-0.39, 0.29) is 11.4 Å². The van der Waals surface area contributed by atoms with Gasteiger partial charge in [0.15, 0.2) is 0 Å². The second kappa shape index (κ2) is 7.59. The highest BCUT2D eigenvalue weighted by atomic mass is 16.5. The van der Waals surface area contributed by atoms with Gasteiger partial charge in [-0.2, -0.15) is 4.98 Å². The van der Waals surface area contributed by atoms with Gasteiger partial charge in [0.1, 0.15) is 5.56 Å². The summed E-state index contributed by atoms with van der Waals surface area (Å²) in [7, 11) is 0. The monoisotopic (exact) mass is 321 g/mol. The lowest BCUT2D eigenvalue weighted by molar-refractivity contribution is 0.0688. The largest absolute Gasteiger partial charge is 0.477 e. The van der Waals surface area contributed by atoms with Crippen LogP contribution in [0.3, 0.4) is 0 Å². The molecular weight excluding hydrogens is 298 g/mol. The Balaban J connectivity index is 1.72. The Morgan fingerprint density at radius 1 is 1.30 bits per heavy atom. The number of carboxylic acid groups (broad SMARTS) is 1. The van der Waals surface area contributed by atoms with E-state index in [0.29, 0.717) is 44.8 Å². The van der Waals surface area contributed by atoms with Gasteiger partial charge in [0.05, 0.1) is 26.0 Å². The molecule has 1 N–H and O–H groups in total. The Morgan fingerprint density at radius 2 is 2.04 bits per heavy atom. The van der Waals surface area contributed by atoms with Crippen LogP contribution in [0.2, 0.25) is 0 Å². The van der Waals surface area contributed by atoms with Crippen molar-refractivity contribution < 1.29 is 19.4 Å². The maximum atomic E-state index is 11.4. The van der Waals surface area contributed by atoms with E-state index < -0.39 is 5.97 Å². The van der Waals surface area contributed by atoms with Crippen LogP contribution in [0.1, 0.15) is 42.5 Å². The molecule has 126 valence electrons. The number of carbonyl (C=O) groups is 1. The number of aromatic carboxylic acids is 1. The van der Waals surface area contributed by atoms with Crippen LogP contribution in [0.5, 0.6) is 5.88 Å². The van der Waals surface area contributed by atoms with Gasteiger partial charge in [-0.05, 0) is 18.8 Å². The van der Waals surface area contributed by atoms with Crippen LogP contribution >= 0.6 is 0 Å². The SMILES string of the molecule is O=C(O)c1cnc(N2CCOCC2)nc1OCC1CCCCC1. The minimum absolute atomic E-state index is 0.0258. The van der Waals surface area contributed by atoms with Crippen molar-refractivity contribution in [1.82, 2.24) is 9.97 Å². The zero-order valence-electron chi connectivity index (χ0n) is 13.2. The minimum Gasteiger partial charge on any atom is -0.477 e. The molecule has 1 aliphatic carbocycles. The van der Waals surface area contributed by atoms with E-state index in [1.807, 2.05) is 4.90 Å². The molecule has 23 heavy (non-hydrogen) atoms. The molecule has 0 spiro atoms. The summed E-state index contributed by atoms with van der Waals surface area (Å²) in [5.41, 5.74) is 0.0258. The van der Waals surface area contributed by atoms with Crippen molar-refractivity contribution >= 4 is 11.9 Å². The number of anilines is 1. The molecule has 1 saturated carbocycles. The molecule has 3 rings (SSSR count). The van der Waals surface area contributed by atoms with E-state index in [1.54, 1.807) is 0 Å². The van der Waals surface area contributed by atoms with Gasteiger partial charge >= 0.3 is 5.97 Å². The van der Waals surface area contributed by atoms with Crippen molar-refractivity contribution in [2.24, 2.45) is 5.92 Å². The van der Waals surface area contributed by atoms with Gasteiger partial charge in [-0.15, -0.1) is 0 Å². The summed E-state index contributed by atoms with van der Waals surface area (Å²) in [4.78, 5) is 21.9. The summed E-state index contributed by atoms with van der Waals surface area (Å²) in [6.07, 6.45) is 7.36. The molecule has 1 aliphatic heterocycles. The van der Waals surface area contributed by atoms with Crippen LogP contribution in [0, 0.1) is 5.92 Å². The second-order valence-corrected chi connectivity index (χ2v) is 6.11. The third-order valence-corrected chi connectivity index (χ3v) is 4.45. The van der Waals surface area contributed by atoms with E-state index in [0.717, 1.165) is 12.8 Å². The van der Waals surface area contributed by atoms with Gasteiger partial charge in [-0.3, -0.25) is 0 Å². The zero-order chi connectivity index (χ0) is 16.1. The van der Waals surface area contributed by atoms with E-state index in [2.05, 4.69) is 9.97 Å². The maximum Gasteiger partial charge on any atom is 0.342 e. The molecule has 1 saturated heterocycles. The number of hydrogen-bond acceptors (Lipinski definition) is 6. The molecule has 7 nitrogen and oxygen atoms in total. The molecular formula is C16H23N3O4. The number of ether oxygens (including phenoxy) is 2. The topological polar surface area (TPSA) is 84.8 Å². The molecule has 0 unspecified atom stereocenters. The minimum atomic E-state index is -1.06. The Bertz CT molecular complexity index is 540. The van der Waals surface area contributed by atoms with Gasteiger partial charge in [-0.25, -0.2) is 9.78 Å². The predicted molar refractivity (Wildman–Crippen MR) is 84.1 cm³/mol. The number of carboxylic acids is 1. The third-order valence-electron chi connectivity index (χ3n) is 4.45. The molecule has 2 fully saturated rings. The summed E-state index contributed by atoms with van der Waals surface area (Å²) < 4.78 is 11.1. The van der Waals surface area contributed by atoms with Gasteiger partial charge in [0.25, 0.3) is 0 Å². The normalized spacial score (nSPS) is 19.6. The average Bonchev–Trinajstić information content (AvgIpc) is 2.61. The zero-order valence-corrected chi connectivity index (χ0v) is 13.2. The molecule has 0 radical (unpaired) electrons. The Kier molecular flexibility index (Phi) is 5.27. The second-order valence-electron chi connectivity index (χ2n) is 6.11. The van der Waals surface area contributed by atoms with E-state index in [1.165, 1.54) is 25.5 Å². The number of hydrogen-bond donors (Lipinski definition) is 1.